The van der Waals surface area contributed by atoms with Crippen molar-refractivity contribution in [2.24, 2.45) is 0 Å². The van der Waals surface area contributed by atoms with Crippen LogP contribution in [-0.2, 0) is 26.0 Å². The smallest absolute Gasteiger partial charge is 0.337 e. The lowest BCUT2D eigenvalue weighted by Crippen LogP contribution is -2.35. The quantitative estimate of drug-likeness (QED) is 0.293. The van der Waals surface area contributed by atoms with Crippen LogP contribution in [0.2, 0.25) is 0 Å². The highest BCUT2D eigenvalue weighted by molar-refractivity contribution is 7.92. The first-order valence-electron chi connectivity index (χ1n) is 13.1. The maximum atomic E-state index is 13.4. The largest absolute Gasteiger partial charge is 0.493 e. The van der Waals surface area contributed by atoms with Gasteiger partial charge in [-0.2, -0.15) is 0 Å². The Labute approximate surface area is 239 Å². The molecule has 1 amide bonds. The lowest BCUT2D eigenvalue weighted by Gasteiger charge is -2.24. The highest BCUT2D eigenvalue weighted by atomic mass is 32.2. The molecule has 2 aliphatic rings. The first kappa shape index (κ1) is 28.2. The van der Waals surface area contributed by atoms with Crippen molar-refractivity contribution >= 4 is 50.2 Å². The van der Waals surface area contributed by atoms with Crippen molar-refractivity contribution < 1.29 is 27.5 Å². The molecule has 214 valence electrons. The van der Waals surface area contributed by atoms with E-state index >= 15 is 0 Å². The van der Waals surface area contributed by atoms with E-state index in [2.05, 4.69) is 10.6 Å². The molecule has 0 aromatic heterocycles. The molecule has 11 heteroatoms. The van der Waals surface area contributed by atoms with Crippen LogP contribution in [0, 0.1) is 0 Å². The van der Waals surface area contributed by atoms with Crippen LogP contribution in [0.4, 0.5) is 17.1 Å². The number of nitrogens with one attached hydrogen (secondary N) is 2. The van der Waals surface area contributed by atoms with Crippen LogP contribution in [0.25, 0.3) is 11.3 Å². The molecular weight excluding hydrogens is 544 g/mol. The predicted molar refractivity (Wildman–Crippen MR) is 160 cm³/mol. The molecular formula is C30H32N4O6S. The van der Waals surface area contributed by atoms with Gasteiger partial charge in [0.25, 0.3) is 5.91 Å². The van der Waals surface area contributed by atoms with E-state index < -0.39 is 16.0 Å². The zero-order chi connectivity index (χ0) is 29.3. The van der Waals surface area contributed by atoms with Crippen molar-refractivity contribution in [2.75, 3.05) is 62.1 Å². The predicted octanol–water partition coefficient (Wildman–Crippen LogP) is 3.67. The van der Waals surface area contributed by atoms with Gasteiger partial charge in [-0.25, -0.2) is 13.2 Å². The zero-order valence-corrected chi connectivity index (χ0v) is 24.2. The van der Waals surface area contributed by atoms with E-state index in [4.69, 9.17) is 9.47 Å². The topological polar surface area (TPSA) is 117 Å². The fourth-order valence-electron chi connectivity index (χ4n) is 4.92. The fraction of sp³-hybridized carbons (Fsp3) is 0.267. The number of nitrogens with zero attached hydrogens (tertiary/aromatic N) is 2. The minimum atomic E-state index is -3.48. The molecule has 0 bridgehead atoms. The summed E-state index contributed by atoms with van der Waals surface area (Å²) in [6, 6.07) is 17.8. The summed E-state index contributed by atoms with van der Waals surface area (Å²) in [6.45, 7) is 1.48. The monoisotopic (exact) mass is 576 g/mol. The van der Waals surface area contributed by atoms with Gasteiger partial charge in [-0.3, -0.25) is 9.10 Å². The van der Waals surface area contributed by atoms with Gasteiger partial charge in [0.1, 0.15) is 5.75 Å². The van der Waals surface area contributed by atoms with Gasteiger partial charge in [-0.1, -0.05) is 6.07 Å². The number of sulfonamides is 1. The highest BCUT2D eigenvalue weighted by Gasteiger charge is 2.30. The SMILES string of the molecule is COC(=O)c1ccc2c(c1)NC(=O)C2=C(Nc1ccc(N(CCN(C)C)S(C)(=O)=O)cc1)c1ccc2c(c1)CCO2. The summed E-state index contributed by atoms with van der Waals surface area (Å²) in [7, 11) is 1.60. The number of fused-ring (bicyclic) bond motifs is 2. The van der Waals surface area contributed by atoms with Crippen molar-refractivity contribution in [3.63, 3.8) is 0 Å². The van der Waals surface area contributed by atoms with Crippen molar-refractivity contribution in [1.29, 1.82) is 0 Å². The molecule has 0 saturated carbocycles. The van der Waals surface area contributed by atoms with Gasteiger partial charge in [0.2, 0.25) is 10.0 Å². The number of anilines is 3. The minimum Gasteiger partial charge on any atom is -0.493 e. The molecule has 3 aromatic carbocycles. The number of methoxy groups -OCH3 is 1. The second-order valence-electron chi connectivity index (χ2n) is 10.2. The summed E-state index contributed by atoms with van der Waals surface area (Å²) in [4.78, 5) is 27.4. The van der Waals surface area contributed by atoms with E-state index in [1.165, 1.54) is 17.7 Å². The summed E-state index contributed by atoms with van der Waals surface area (Å²) in [5.41, 5.74) is 5.52. The fourth-order valence-corrected chi connectivity index (χ4v) is 5.84. The second-order valence-corrected chi connectivity index (χ2v) is 12.1. The van der Waals surface area contributed by atoms with Crippen molar-refractivity contribution in [3.05, 3.63) is 82.9 Å². The lowest BCUT2D eigenvalue weighted by molar-refractivity contribution is -0.110. The molecule has 3 aromatic rings. The standard InChI is InChI=1S/C30H32N4O6S/c1-33(2)14-15-34(41(4,37)38)23-9-7-22(8-10-23)31-28(20-6-12-26-19(17-20)13-16-40-26)27-24-11-5-21(30(36)39-3)18-25(24)32-29(27)35/h5-12,17-18,31H,13-16H2,1-4H3,(H,32,35). The van der Waals surface area contributed by atoms with Gasteiger partial charge in [0.15, 0.2) is 0 Å². The normalized spacial score (nSPS) is 15.1. The van der Waals surface area contributed by atoms with E-state index in [9.17, 15) is 18.0 Å². The minimum absolute atomic E-state index is 0.315. The van der Waals surface area contributed by atoms with Gasteiger partial charge in [0, 0.05) is 30.8 Å². The van der Waals surface area contributed by atoms with E-state index in [-0.39, 0.29) is 5.91 Å². The molecule has 0 spiro atoms. The molecule has 0 atom stereocenters. The molecule has 0 fully saturated rings. The number of benzene rings is 3. The summed E-state index contributed by atoms with van der Waals surface area (Å²) < 4.78 is 36.9. The lowest BCUT2D eigenvalue weighted by atomic mass is 9.97. The van der Waals surface area contributed by atoms with Crippen LogP contribution >= 0.6 is 0 Å². The van der Waals surface area contributed by atoms with E-state index in [0.717, 1.165) is 23.3 Å². The number of carbonyl (C=O) groups excluding carboxylic acids is 2. The summed E-state index contributed by atoms with van der Waals surface area (Å²) in [5, 5.41) is 6.29. The summed E-state index contributed by atoms with van der Waals surface area (Å²) >= 11 is 0. The van der Waals surface area contributed by atoms with Crippen molar-refractivity contribution in [2.45, 2.75) is 6.42 Å². The maximum Gasteiger partial charge on any atom is 0.337 e. The van der Waals surface area contributed by atoms with Gasteiger partial charge >= 0.3 is 5.97 Å². The number of rotatable bonds is 9. The third-order valence-electron chi connectivity index (χ3n) is 6.99. The van der Waals surface area contributed by atoms with Crippen LogP contribution in [0.5, 0.6) is 5.75 Å². The average molecular weight is 577 g/mol. The number of carbonyl (C=O) groups is 2. The Balaban J connectivity index is 1.56. The molecule has 0 saturated heterocycles. The van der Waals surface area contributed by atoms with Crippen LogP contribution in [-0.4, -0.2) is 72.4 Å². The van der Waals surface area contributed by atoms with Gasteiger partial charge in [0.05, 0.1) is 48.2 Å². The third kappa shape index (κ3) is 5.91. The molecule has 41 heavy (non-hydrogen) atoms. The molecule has 0 unspecified atom stereocenters. The van der Waals surface area contributed by atoms with Crippen molar-refractivity contribution in [3.8, 4) is 5.75 Å². The molecule has 10 nitrogen and oxygen atoms in total. The van der Waals surface area contributed by atoms with Crippen LogP contribution < -0.4 is 19.7 Å². The Hall–Kier alpha value is -4.35. The Morgan fingerprint density at radius 2 is 1.76 bits per heavy atom. The number of amides is 1. The average Bonchev–Trinajstić information content (AvgIpc) is 3.53. The van der Waals surface area contributed by atoms with E-state index in [1.807, 2.05) is 37.2 Å². The number of hydrogen-bond donors (Lipinski definition) is 2. The van der Waals surface area contributed by atoms with E-state index in [0.29, 0.717) is 59.2 Å². The molecule has 2 aliphatic heterocycles. The van der Waals surface area contributed by atoms with Crippen molar-refractivity contribution in [1.82, 2.24) is 4.90 Å². The molecule has 2 N–H and O–H groups in total. The van der Waals surface area contributed by atoms with Crippen LogP contribution in [0.15, 0.2) is 60.7 Å². The second kappa shape index (κ2) is 11.3. The van der Waals surface area contributed by atoms with Gasteiger partial charge in [-0.05, 0) is 79.8 Å². The Morgan fingerprint density at radius 1 is 1.02 bits per heavy atom. The van der Waals surface area contributed by atoms with Crippen LogP contribution in [0.1, 0.15) is 27.0 Å². The van der Waals surface area contributed by atoms with E-state index in [1.54, 1.807) is 42.5 Å². The first-order valence-corrected chi connectivity index (χ1v) is 14.9. The summed E-state index contributed by atoms with van der Waals surface area (Å²) in [5.74, 6) is 0.00937. The molecule has 0 aliphatic carbocycles. The maximum absolute atomic E-state index is 13.4. The number of esters is 1. The molecule has 0 radical (unpaired) electrons. The van der Waals surface area contributed by atoms with Gasteiger partial charge in [-0.15, -0.1) is 0 Å². The molecule has 5 rings (SSSR count). The molecule has 2 heterocycles. The Bertz CT molecular complexity index is 1650. The highest BCUT2D eigenvalue weighted by Crippen LogP contribution is 2.39. The summed E-state index contributed by atoms with van der Waals surface area (Å²) in [6.07, 6.45) is 1.96. The zero-order valence-electron chi connectivity index (χ0n) is 23.4. The third-order valence-corrected chi connectivity index (χ3v) is 8.18. The number of likely N-dealkylation sites (N-methyl/N-ethyl adjacent to an activating group) is 1. The Morgan fingerprint density at radius 3 is 2.44 bits per heavy atom. The van der Waals surface area contributed by atoms with Gasteiger partial charge < -0.3 is 25.0 Å². The Kier molecular flexibility index (Phi) is 7.74. The van der Waals surface area contributed by atoms with Crippen LogP contribution in [0.3, 0.4) is 0 Å². The number of ether oxygens (including phenoxy) is 2. The number of hydrogen-bond acceptors (Lipinski definition) is 8. The first-order chi connectivity index (χ1) is 19.5.